The fourth-order valence-electron chi connectivity index (χ4n) is 2.05. The third kappa shape index (κ3) is 3.75. The lowest BCUT2D eigenvalue weighted by atomic mass is 10.1. The smallest absolute Gasteiger partial charge is 0.107 e. The Hall–Kier alpha value is -0.100. The highest BCUT2D eigenvalue weighted by atomic mass is 79.9. The number of benzene rings is 1. The number of rotatable bonds is 5. The van der Waals surface area contributed by atoms with Gasteiger partial charge >= 0.3 is 0 Å². The number of halogens is 3. The van der Waals surface area contributed by atoms with Crippen LogP contribution in [-0.4, -0.2) is 18.5 Å². The average Bonchev–Trinajstić information content (AvgIpc) is 2.73. The molecule has 0 aliphatic heterocycles. The van der Waals surface area contributed by atoms with Gasteiger partial charge < -0.3 is 5.73 Å². The van der Waals surface area contributed by atoms with Gasteiger partial charge in [-0.15, -0.1) is 11.3 Å². The van der Waals surface area contributed by atoms with Gasteiger partial charge in [-0.1, -0.05) is 41.4 Å². The molecule has 2 aromatic rings. The summed E-state index contributed by atoms with van der Waals surface area (Å²) < 4.78 is 1.67. The van der Waals surface area contributed by atoms with Gasteiger partial charge in [0.05, 0.1) is 6.04 Å². The Kier molecular flexibility index (Phi) is 5.90. The molecule has 1 aromatic heterocycles. The molecule has 0 spiro atoms. The van der Waals surface area contributed by atoms with Crippen molar-refractivity contribution in [3.8, 4) is 0 Å². The minimum absolute atomic E-state index is 0.125. The first kappa shape index (κ1) is 16.3. The second kappa shape index (κ2) is 7.25. The molecule has 2 rings (SSSR count). The number of hydrogen-bond donors (Lipinski definition) is 1. The highest BCUT2D eigenvalue weighted by molar-refractivity contribution is 9.10. The maximum atomic E-state index is 6.21. The van der Waals surface area contributed by atoms with Gasteiger partial charge in [0.2, 0.25) is 0 Å². The molecule has 0 radical (unpaired) electrons. The van der Waals surface area contributed by atoms with Crippen LogP contribution in [0.1, 0.15) is 16.5 Å². The molecule has 108 valence electrons. The van der Waals surface area contributed by atoms with E-state index in [-0.39, 0.29) is 6.04 Å². The summed E-state index contributed by atoms with van der Waals surface area (Å²) >= 11 is 17.3. The first-order chi connectivity index (χ1) is 9.52. The van der Waals surface area contributed by atoms with Crippen molar-refractivity contribution in [2.24, 2.45) is 5.73 Å². The molecular weight excluding hydrogens is 379 g/mol. The number of nitrogens with zero attached hydrogens (tertiary/aromatic N) is 1. The topological polar surface area (TPSA) is 29.3 Å². The summed E-state index contributed by atoms with van der Waals surface area (Å²) in [7, 11) is 2.04. The van der Waals surface area contributed by atoms with Crippen LogP contribution in [0.5, 0.6) is 0 Å². The maximum Gasteiger partial charge on any atom is 0.107 e. The molecule has 0 fully saturated rings. The fraction of sp³-hybridized carbons (Fsp3) is 0.286. The van der Waals surface area contributed by atoms with Gasteiger partial charge in [0.15, 0.2) is 0 Å². The molecule has 1 unspecified atom stereocenters. The van der Waals surface area contributed by atoms with Crippen molar-refractivity contribution in [1.29, 1.82) is 0 Å². The standard InChI is InChI=1S/C14H15BrCl2N2S/c1-19(8-9-4-2-3-5-11(9)16)12(7-18)13-6-10(15)14(17)20-13/h2-6,12H,7-8,18H2,1H3. The van der Waals surface area contributed by atoms with Crippen molar-refractivity contribution in [2.75, 3.05) is 13.6 Å². The summed E-state index contributed by atoms with van der Waals surface area (Å²) in [6.45, 7) is 1.28. The summed E-state index contributed by atoms with van der Waals surface area (Å²) in [5.41, 5.74) is 7.02. The second-order valence-corrected chi connectivity index (χ2v) is 7.48. The van der Waals surface area contributed by atoms with Crippen molar-refractivity contribution < 1.29 is 0 Å². The van der Waals surface area contributed by atoms with Gasteiger partial charge in [-0.05, 0) is 40.7 Å². The Morgan fingerprint density at radius 2 is 2.05 bits per heavy atom. The molecule has 0 aliphatic carbocycles. The normalized spacial score (nSPS) is 12.9. The molecule has 1 atom stereocenters. The lowest BCUT2D eigenvalue weighted by Crippen LogP contribution is -2.29. The van der Waals surface area contributed by atoms with Crippen LogP contribution in [0.2, 0.25) is 9.36 Å². The van der Waals surface area contributed by atoms with Crippen molar-refractivity contribution in [1.82, 2.24) is 4.90 Å². The van der Waals surface area contributed by atoms with Gasteiger partial charge in [0.25, 0.3) is 0 Å². The number of hydrogen-bond acceptors (Lipinski definition) is 3. The van der Waals surface area contributed by atoms with Crippen LogP contribution in [-0.2, 0) is 6.54 Å². The van der Waals surface area contributed by atoms with Gasteiger partial charge in [-0.2, -0.15) is 0 Å². The lowest BCUT2D eigenvalue weighted by molar-refractivity contribution is 0.245. The zero-order chi connectivity index (χ0) is 14.7. The molecule has 0 aliphatic rings. The van der Waals surface area contributed by atoms with Crippen LogP contribution in [0, 0.1) is 0 Å². The molecule has 0 saturated heterocycles. The average molecular weight is 394 g/mol. The first-order valence-corrected chi connectivity index (χ1v) is 8.48. The van der Waals surface area contributed by atoms with E-state index >= 15 is 0 Å². The summed E-state index contributed by atoms with van der Waals surface area (Å²) in [6, 6.07) is 10.0. The summed E-state index contributed by atoms with van der Waals surface area (Å²) in [6.07, 6.45) is 0. The Balaban J connectivity index is 2.17. The summed E-state index contributed by atoms with van der Waals surface area (Å²) in [5, 5.41) is 0.778. The zero-order valence-corrected chi connectivity index (χ0v) is 14.9. The molecule has 0 amide bonds. The quantitative estimate of drug-likeness (QED) is 0.778. The van der Waals surface area contributed by atoms with E-state index < -0.39 is 0 Å². The molecule has 2 nitrogen and oxygen atoms in total. The summed E-state index contributed by atoms with van der Waals surface area (Å²) in [4.78, 5) is 3.34. The van der Waals surface area contributed by atoms with E-state index in [2.05, 4.69) is 20.8 Å². The summed E-state index contributed by atoms with van der Waals surface area (Å²) in [5.74, 6) is 0. The van der Waals surface area contributed by atoms with E-state index in [1.165, 1.54) is 0 Å². The lowest BCUT2D eigenvalue weighted by Gasteiger charge is -2.26. The third-order valence-electron chi connectivity index (χ3n) is 3.13. The molecule has 0 saturated carbocycles. The number of likely N-dealkylation sites (N-methyl/N-ethyl adjacent to an activating group) is 1. The van der Waals surface area contributed by atoms with Gasteiger partial charge in [0, 0.05) is 27.5 Å². The predicted molar refractivity (Wildman–Crippen MR) is 91.7 cm³/mol. The van der Waals surface area contributed by atoms with E-state index in [4.69, 9.17) is 28.9 Å². The minimum Gasteiger partial charge on any atom is -0.329 e. The van der Waals surface area contributed by atoms with Crippen LogP contribution in [0.15, 0.2) is 34.8 Å². The van der Waals surface area contributed by atoms with Gasteiger partial charge in [-0.25, -0.2) is 0 Å². The predicted octanol–water partition coefficient (Wildman–Crippen LogP) is 4.95. The monoisotopic (exact) mass is 392 g/mol. The number of thiophene rings is 1. The SMILES string of the molecule is CN(Cc1ccccc1Cl)C(CN)c1cc(Br)c(Cl)s1. The van der Waals surface area contributed by atoms with E-state index in [0.717, 1.165) is 30.8 Å². The van der Waals surface area contributed by atoms with Crippen molar-refractivity contribution in [3.05, 3.63) is 54.6 Å². The van der Waals surface area contributed by atoms with E-state index in [0.29, 0.717) is 6.54 Å². The Labute approximate surface area is 141 Å². The Morgan fingerprint density at radius 3 is 2.60 bits per heavy atom. The van der Waals surface area contributed by atoms with E-state index in [1.807, 2.05) is 37.4 Å². The van der Waals surface area contributed by atoms with E-state index in [1.54, 1.807) is 11.3 Å². The third-order valence-corrected chi connectivity index (χ3v) is 6.07. The van der Waals surface area contributed by atoms with Crippen LogP contribution in [0.25, 0.3) is 0 Å². The maximum absolute atomic E-state index is 6.21. The van der Waals surface area contributed by atoms with Gasteiger partial charge in [-0.3, -0.25) is 4.90 Å². The van der Waals surface area contributed by atoms with Gasteiger partial charge in [0.1, 0.15) is 4.34 Å². The molecule has 1 aromatic carbocycles. The minimum atomic E-state index is 0.125. The zero-order valence-electron chi connectivity index (χ0n) is 10.9. The molecule has 6 heteroatoms. The van der Waals surface area contributed by atoms with E-state index in [9.17, 15) is 0 Å². The molecule has 2 N–H and O–H groups in total. The Bertz CT molecular complexity index is 569. The van der Waals surface area contributed by atoms with Crippen LogP contribution in [0.3, 0.4) is 0 Å². The second-order valence-electron chi connectivity index (χ2n) is 4.53. The molecule has 20 heavy (non-hydrogen) atoms. The highest BCUT2D eigenvalue weighted by Gasteiger charge is 2.19. The van der Waals surface area contributed by atoms with Crippen molar-refractivity contribution >= 4 is 50.5 Å². The first-order valence-electron chi connectivity index (χ1n) is 6.11. The van der Waals surface area contributed by atoms with Crippen molar-refractivity contribution in [3.63, 3.8) is 0 Å². The number of nitrogens with two attached hydrogens (primary N) is 1. The van der Waals surface area contributed by atoms with Crippen LogP contribution < -0.4 is 5.73 Å². The highest BCUT2D eigenvalue weighted by Crippen LogP contribution is 2.37. The van der Waals surface area contributed by atoms with Crippen LogP contribution in [0.4, 0.5) is 0 Å². The molecule has 0 bridgehead atoms. The van der Waals surface area contributed by atoms with Crippen LogP contribution >= 0.6 is 50.5 Å². The molecule has 1 heterocycles. The molecular formula is C14H15BrCl2N2S. The largest absolute Gasteiger partial charge is 0.329 e. The fourth-order valence-corrected chi connectivity index (χ4v) is 4.16. The van der Waals surface area contributed by atoms with Crippen molar-refractivity contribution in [2.45, 2.75) is 12.6 Å². The Morgan fingerprint density at radius 1 is 1.35 bits per heavy atom.